The van der Waals surface area contributed by atoms with Crippen LogP contribution in [-0.4, -0.2) is 22.4 Å². The maximum Gasteiger partial charge on any atom is 0.129 e. The predicted octanol–water partition coefficient (Wildman–Crippen LogP) is 2.93. The van der Waals surface area contributed by atoms with Crippen LogP contribution in [0.15, 0.2) is 18.6 Å². The monoisotopic (exact) mass is 239 g/mol. The second kappa shape index (κ2) is 6.04. The first-order chi connectivity index (χ1) is 7.90. The van der Waals surface area contributed by atoms with Gasteiger partial charge in [0.05, 0.1) is 0 Å². The van der Waals surface area contributed by atoms with Crippen molar-refractivity contribution in [3.8, 4) is 0 Å². The molecule has 0 amide bonds. The van der Waals surface area contributed by atoms with Crippen molar-refractivity contribution >= 4 is 17.4 Å². The maximum absolute atomic E-state index is 6.00. The Bertz CT molecular complexity index is 304. The second-order valence-corrected chi connectivity index (χ2v) is 4.74. The Hall–Kier alpha value is -0.830. The van der Waals surface area contributed by atoms with Gasteiger partial charge in [-0.2, -0.15) is 0 Å². The summed E-state index contributed by atoms with van der Waals surface area (Å²) in [6, 6.07) is 1.90. The molecule has 1 saturated carbocycles. The number of anilines is 1. The number of aromatic nitrogens is 2. The minimum Gasteiger partial charge on any atom is -0.370 e. The van der Waals surface area contributed by atoms with Gasteiger partial charge in [0.2, 0.25) is 0 Å². The highest BCUT2D eigenvalue weighted by molar-refractivity contribution is 6.18. The molecule has 88 valence electrons. The standard InChI is InChI=1S/C12H18ClN3/c13-7-10-3-1-2-4-11(10)8-15-12-5-6-14-9-16-12/h5-6,9-11H,1-4,7-8H2,(H,14,15,16). The Balaban J connectivity index is 1.84. The SMILES string of the molecule is ClCC1CCCCC1CNc1ccncn1. The number of nitrogens with zero attached hydrogens (tertiary/aromatic N) is 2. The molecule has 1 N–H and O–H groups in total. The largest absolute Gasteiger partial charge is 0.370 e. The first-order valence-corrected chi connectivity index (χ1v) is 6.49. The Morgan fingerprint density at radius 3 is 2.81 bits per heavy atom. The molecular formula is C12H18ClN3. The van der Waals surface area contributed by atoms with Crippen molar-refractivity contribution in [2.45, 2.75) is 25.7 Å². The van der Waals surface area contributed by atoms with Gasteiger partial charge < -0.3 is 5.32 Å². The van der Waals surface area contributed by atoms with Gasteiger partial charge in [0, 0.05) is 18.6 Å². The summed E-state index contributed by atoms with van der Waals surface area (Å²) in [5, 5.41) is 3.37. The molecule has 2 atom stereocenters. The number of halogens is 1. The van der Waals surface area contributed by atoms with Gasteiger partial charge >= 0.3 is 0 Å². The van der Waals surface area contributed by atoms with Crippen molar-refractivity contribution in [2.24, 2.45) is 11.8 Å². The molecule has 1 heterocycles. The normalized spacial score (nSPS) is 25.3. The molecule has 1 fully saturated rings. The summed E-state index contributed by atoms with van der Waals surface area (Å²) < 4.78 is 0. The van der Waals surface area contributed by atoms with Crippen LogP contribution in [0, 0.1) is 11.8 Å². The highest BCUT2D eigenvalue weighted by Crippen LogP contribution is 2.30. The highest BCUT2D eigenvalue weighted by Gasteiger charge is 2.23. The summed E-state index contributed by atoms with van der Waals surface area (Å²) in [6.07, 6.45) is 8.57. The van der Waals surface area contributed by atoms with Crippen molar-refractivity contribution in [3.63, 3.8) is 0 Å². The summed E-state index contributed by atoms with van der Waals surface area (Å²) in [5.74, 6) is 3.07. The van der Waals surface area contributed by atoms with Crippen molar-refractivity contribution in [2.75, 3.05) is 17.7 Å². The molecular weight excluding hydrogens is 222 g/mol. The molecule has 2 unspecified atom stereocenters. The Morgan fingerprint density at radius 1 is 1.31 bits per heavy atom. The molecule has 0 spiro atoms. The van der Waals surface area contributed by atoms with Crippen LogP contribution in [0.5, 0.6) is 0 Å². The van der Waals surface area contributed by atoms with E-state index in [4.69, 9.17) is 11.6 Å². The summed E-state index contributed by atoms with van der Waals surface area (Å²) in [7, 11) is 0. The number of rotatable bonds is 4. The van der Waals surface area contributed by atoms with Crippen LogP contribution in [0.2, 0.25) is 0 Å². The molecule has 4 heteroatoms. The first-order valence-electron chi connectivity index (χ1n) is 5.96. The van der Waals surface area contributed by atoms with Crippen LogP contribution in [0.25, 0.3) is 0 Å². The molecule has 1 aliphatic carbocycles. The zero-order chi connectivity index (χ0) is 11.2. The highest BCUT2D eigenvalue weighted by atomic mass is 35.5. The average Bonchev–Trinajstić information content (AvgIpc) is 2.38. The lowest BCUT2D eigenvalue weighted by Crippen LogP contribution is -2.27. The maximum atomic E-state index is 6.00. The van der Waals surface area contributed by atoms with Gasteiger partial charge in [-0.25, -0.2) is 9.97 Å². The lowest BCUT2D eigenvalue weighted by molar-refractivity contribution is 0.272. The topological polar surface area (TPSA) is 37.8 Å². The third-order valence-electron chi connectivity index (χ3n) is 3.39. The molecule has 2 rings (SSSR count). The number of hydrogen-bond donors (Lipinski definition) is 1. The third kappa shape index (κ3) is 3.08. The van der Waals surface area contributed by atoms with E-state index in [0.717, 1.165) is 18.2 Å². The number of nitrogens with one attached hydrogen (secondary N) is 1. The van der Waals surface area contributed by atoms with Gasteiger partial charge in [-0.1, -0.05) is 12.8 Å². The van der Waals surface area contributed by atoms with Crippen LogP contribution in [0.4, 0.5) is 5.82 Å². The van der Waals surface area contributed by atoms with Crippen LogP contribution in [0.1, 0.15) is 25.7 Å². The van der Waals surface area contributed by atoms with Gasteiger partial charge in [-0.15, -0.1) is 11.6 Å². The average molecular weight is 240 g/mol. The molecule has 0 bridgehead atoms. The summed E-state index contributed by atoms with van der Waals surface area (Å²) >= 11 is 6.00. The van der Waals surface area contributed by atoms with Crippen molar-refractivity contribution in [3.05, 3.63) is 18.6 Å². The zero-order valence-electron chi connectivity index (χ0n) is 9.40. The van der Waals surface area contributed by atoms with Crippen molar-refractivity contribution < 1.29 is 0 Å². The molecule has 1 aromatic heterocycles. The fraction of sp³-hybridized carbons (Fsp3) is 0.667. The van der Waals surface area contributed by atoms with E-state index in [0.29, 0.717) is 11.8 Å². The van der Waals surface area contributed by atoms with Crippen LogP contribution in [0.3, 0.4) is 0 Å². The summed E-state index contributed by atoms with van der Waals surface area (Å²) in [6.45, 7) is 0.981. The quantitative estimate of drug-likeness (QED) is 0.821. The second-order valence-electron chi connectivity index (χ2n) is 4.43. The van der Waals surface area contributed by atoms with E-state index in [-0.39, 0.29) is 0 Å². The van der Waals surface area contributed by atoms with E-state index in [2.05, 4.69) is 15.3 Å². The Labute approximate surface area is 102 Å². The van der Waals surface area contributed by atoms with Gasteiger partial charge in [0.1, 0.15) is 12.1 Å². The molecule has 3 nitrogen and oxygen atoms in total. The van der Waals surface area contributed by atoms with Crippen molar-refractivity contribution in [1.29, 1.82) is 0 Å². The van der Waals surface area contributed by atoms with E-state index < -0.39 is 0 Å². The van der Waals surface area contributed by atoms with E-state index in [1.165, 1.54) is 25.7 Å². The molecule has 0 aliphatic heterocycles. The number of alkyl halides is 1. The van der Waals surface area contributed by atoms with E-state index >= 15 is 0 Å². The Kier molecular flexibility index (Phi) is 4.40. The molecule has 0 radical (unpaired) electrons. The minimum atomic E-state index is 0.671. The van der Waals surface area contributed by atoms with Crippen molar-refractivity contribution in [1.82, 2.24) is 9.97 Å². The minimum absolute atomic E-state index is 0.671. The fourth-order valence-corrected chi connectivity index (χ4v) is 2.79. The van der Waals surface area contributed by atoms with Gasteiger partial charge in [-0.3, -0.25) is 0 Å². The lowest BCUT2D eigenvalue weighted by atomic mass is 9.80. The zero-order valence-corrected chi connectivity index (χ0v) is 10.2. The van der Waals surface area contributed by atoms with Gasteiger partial charge in [0.15, 0.2) is 0 Å². The summed E-state index contributed by atoms with van der Waals surface area (Å²) in [4.78, 5) is 8.06. The van der Waals surface area contributed by atoms with Crippen LogP contribution in [-0.2, 0) is 0 Å². The van der Waals surface area contributed by atoms with Crippen LogP contribution < -0.4 is 5.32 Å². The molecule has 0 saturated heterocycles. The van der Waals surface area contributed by atoms with E-state index in [9.17, 15) is 0 Å². The van der Waals surface area contributed by atoms with Gasteiger partial charge in [-0.05, 0) is 30.7 Å². The van der Waals surface area contributed by atoms with E-state index in [1.807, 2.05) is 6.07 Å². The predicted molar refractivity (Wildman–Crippen MR) is 66.7 cm³/mol. The first kappa shape index (κ1) is 11.6. The Morgan fingerprint density at radius 2 is 2.12 bits per heavy atom. The molecule has 1 aliphatic rings. The molecule has 16 heavy (non-hydrogen) atoms. The van der Waals surface area contributed by atoms with Crippen LogP contribution >= 0.6 is 11.6 Å². The van der Waals surface area contributed by atoms with E-state index in [1.54, 1.807) is 12.5 Å². The summed E-state index contributed by atoms with van der Waals surface area (Å²) in [5.41, 5.74) is 0. The molecule has 0 aromatic carbocycles. The fourth-order valence-electron chi connectivity index (χ4n) is 2.39. The smallest absolute Gasteiger partial charge is 0.129 e. The lowest BCUT2D eigenvalue weighted by Gasteiger charge is -2.30. The third-order valence-corrected chi connectivity index (χ3v) is 3.79. The number of hydrogen-bond acceptors (Lipinski definition) is 3. The molecule has 1 aromatic rings. The van der Waals surface area contributed by atoms with Gasteiger partial charge in [0.25, 0.3) is 0 Å².